The molecule has 0 bridgehead atoms. The molecule has 0 radical (unpaired) electrons. The van der Waals surface area contributed by atoms with Gasteiger partial charge in [-0.25, -0.2) is 0 Å². The normalized spacial score (nSPS) is 19.0. The summed E-state index contributed by atoms with van der Waals surface area (Å²) in [6, 6.07) is 5.22. The van der Waals surface area contributed by atoms with Crippen LogP contribution in [0, 0.1) is 5.92 Å². The number of nitrogens with one attached hydrogen (secondary N) is 1. The average Bonchev–Trinajstić information content (AvgIpc) is 2.58. The summed E-state index contributed by atoms with van der Waals surface area (Å²) in [5.74, 6) is -0.0434. The summed E-state index contributed by atoms with van der Waals surface area (Å²) < 4.78 is 44.0. The first-order valence-corrected chi connectivity index (χ1v) is 8.53. The molecule has 1 aliphatic heterocycles. The second-order valence-electron chi connectivity index (χ2n) is 6.44. The fourth-order valence-corrected chi connectivity index (χ4v) is 3.19. The summed E-state index contributed by atoms with van der Waals surface area (Å²) in [7, 11) is 1.67. The molecule has 1 N–H and O–H groups in total. The molecule has 0 aromatic heterocycles. The fourth-order valence-electron chi connectivity index (χ4n) is 3.19. The van der Waals surface area contributed by atoms with Gasteiger partial charge in [0.2, 0.25) is 5.91 Å². The van der Waals surface area contributed by atoms with Crippen LogP contribution in [0.15, 0.2) is 24.3 Å². The van der Waals surface area contributed by atoms with E-state index in [0.29, 0.717) is 19.1 Å². The van der Waals surface area contributed by atoms with Crippen LogP contribution < -0.4 is 5.32 Å². The molecule has 0 unspecified atom stereocenters. The zero-order valence-electron chi connectivity index (χ0n) is 14.4. The van der Waals surface area contributed by atoms with Crippen molar-refractivity contribution in [2.75, 3.05) is 39.9 Å². The van der Waals surface area contributed by atoms with Crippen LogP contribution in [-0.4, -0.2) is 50.7 Å². The van der Waals surface area contributed by atoms with Gasteiger partial charge in [0.15, 0.2) is 0 Å². The quantitative estimate of drug-likeness (QED) is 0.815. The molecule has 140 valence electrons. The molecule has 7 heteroatoms. The van der Waals surface area contributed by atoms with Crippen molar-refractivity contribution >= 4 is 5.91 Å². The number of piperidine rings is 1. The molecule has 1 aromatic rings. The molecule has 4 nitrogen and oxygen atoms in total. The van der Waals surface area contributed by atoms with E-state index in [1.54, 1.807) is 7.11 Å². The van der Waals surface area contributed by atoms with Crippen molar-refractivity contribution in [2.24, 2.45) is 5.92 Å². The Bertz CT molecular complexity index is 563. The first-order chi connectivity index (χ1) is 11.9. The Morgan fingerprint density at radius 1 is 1.36 bits per heavy atom. The predicted molar refractivity (Wildman–Crippen MR) is 89.2 cm³/mol. The molecule has 2 rings (SSSR count). The number of rotatable bonds is 7. The van der Waals surface area contributed by atoms with Gasteiger partial charge in [-0.2, -0.15) is 13.2 Å². The number of benzene rings is 1. The highest BCUT2D eigenvalue weighted by molar-refractivity contribution is 5.79. The third kappa shape index (κ3) is 6.32. The third-order valence-corrected chi connectivity index (χ3v) is 4.48. The number of hydrogen-bond donors (Lipinski definition) is 1. The van der Waals surface area contributed by atoms with Crippen molar-refractivity contribution < 1.29 is 22.7 Å². The lowest BCUT2D eigenvalue weighted by Gasteiger charge is -2.32. The summed E-state index contributed by atoms with van der Waals surface area (Å²) in [6.45, 7) is 3.93. The molecule has 1 heterocycles. The minimum absolute atomic E-state index is 0.0119. The van der Waals surface area contributed by atoms with E-state index in [2.05, 4.69) is 10.2 Å². The van der Waals surface area contributed by atoms with Crippen molar-refractivity contribution in [1.82, 2.24) is 10.2 Å². The van der Waals surface area contributed by atoms with Crippen molar-refractivity contribution in [3.63, 3.8) is 0 Å². The molecule has 0 spiro atoms. The lowest BCUT2D eigenvalue weighted by atomic mass is 9.97. The lowest BCUT2D eigenvalue weighted by molar-refractivity contribution is -0.138. The minimum Gasteiger partial charge on any atom is -0.383 e. The van der Waals surface area contributed by atoms with E-state index in [0.717, 1.165) is 38.5 Å². The van der Waals surface area contributed by atoms with Gasteiger partial charge in [0.25, 0.3) is 0 Å². The van der Waals surface area contributed by atoms with Gasteiger partial charge >= 0.3 is 6.18 Å². The SMILES string of the molecule is COCCN1CCC[C@H](CNC(=O)Cc2ccccc2C(F)(F)F)C1. The topological polar surface area (TPSA) is 41.6 Å². The zero-order chi connectivity index (χ0) is 18.3. The van der Waals surface area contributed by atoms with Crippen LogP contribution in [0.2, 0.25) is 0 Å². The smallest absolute Gasteiger partial charge is 0.383 e. The molecule has 1 aromatic carbocycles. The summed E-state index contributed by atoms with van der Waals surface area (Å²) >= 11 is 0. The molecule has 1 aliphatic rings. The van der Waals surface area contributed by atoms with E-state index in [4.69, 9.17) is 4.74 Å². The molecular weight excluding hydrogens is 333 g/mol. The van der Waals surface area contributed by atoms with E-state index in [9.17, 15) is 18.0 Å². The summed E-state index contributed by atoms with van der Waals surface area (Å²) in [6.07, 6.45) is -2.62. The Labute approximate surface area is 146 Å². The van der Waals surface area contributed by atoms with Gasteiger partial charge in [-0.3, -0.25) is 4.79 Å². The molecule has 0 aliphatic carbocycles. The Balaban J connectivity index is 1.83. The first-order valence-electron chi connectivity index (χ1n) is 8.53. The Hall–Kier alpha value is -1.60. The molecule has 1 atom stereocenters. The minimum atomic E-state index is -4.44. The Kier molecular flexibility index (Phi) is 7.25. The molecular formula is C18H25F3N2O2. The molecule has 1 saturated heterocycles. The van der Waals surface area contributed by atoms with Crippen LogP contribution in [0.3, 0.4) is 0 Å². The van der Waals surface area contributed by atoms with Gasteiger partial charge in [-0.15, -0.1) is 0 Å². The monoisotopic (exact) mass is 358 g/mol. The van der Waals surface area contributed by atoms with Crippen LogP contribution in [0.5, 0.6) is 0 Å². The average molecular weight is 358 g/mol. The second-order valence-corrected chi connectivity index (χ2v) is 6.44. The first kappa shape index (κ1) is 19.7. The van der Waals surface area contributed by atoms with Crippen molar-refractivity contribution in [2.45, 2.75) is 25.4 Å². The molecule has 0 saturated carbocycles. The fraction of sp³-hybridized carbons (Fsp3) is 0.611. The predicted octanol–water partition coefficient (Wildman–Crippen LogP) is 2.72. The van der Waals surface area contributed by atoms with E-state index < -0.39 is 11.7 Å². The maximum atomic E-state index is 13.0. The third-order valence-electron chi connectivity index (χ3n) is 4.48. The number of carbonyl (C=O) groups is 1. The number of amides is 1. The van der Waals surface area contributed by atoms with Gasteiger partial charge in [-0.05, 0) is 36.9 Å². The number of halogens is 3. The second kappa shape index (κ2) is 9.20. The Morgan fingerprint density at radius 2 is 2.12 bits per heavy atom. The number of hydrogen-bond acceptors (Lipinski definition) is 3. The van der Waals surface area contributed by atoms with Gasteiger partial charge in [0.05, 0.1) is 18.6 Å². The number of ether oxygens (including phenoxy) is 1. The van der Waals surface area contributed by atoms with E-state index in [1.807, 2.05) is 0 Å². The molecule has 25 heavy (non-hydrogen) atoms. The maximum Gasteiger partial charge on any atom is 0.416 e. The van der Waals surface area contributed by atoms with E-state index in [-0.39, 0.29) is 17.9 Å². The van der Waals surface area contributed by atoms with Gasteiger partial charge in [0, 0.05) is 26.7 Å². The van der Waals surface area contributed by atoms with Crippen LogP contribution in [0.25, 0.3) is 0 Å². The Morgan fingerprint density at radius 3 is 2.84 bits per heavy atom. The summed E-state index contributed by atoms with van der Waals surface area (Å²) in [5, 5.41) is 2.79. The largest absolute Gasteiger partial charge is 0.416 e. The number of likely N-dealkylation sites (tertiary alicyclic amines) is 1. The highest BCUT2D eigenvalue weighted by atomic mass is 19.4. The standard InChI is InChI=1S/C18H25F3N2O2/c1-25-10-9-23-8-4-5-14(13-23)12-22-17(24)11-15-6-2-3-7-16(15)18(19,20)21/h2-3,6-7,14H,4-5,8-13H2,1H3,(H,22,24)/t14-/m1/s1. The number of alkyl halides is 3. The maximum absolute atomic E-state index is 13.0. The zero-order valence-corrected chi connectivity index (χ0v) is 14.4. The molecule has 1 fully saturated rings. The number of nitrogens with zero attached hydrogens (tertiary/aromatic N) is 1. The van der Waals surface area contributed by atoms with Crippen molar-refractivity contribution in [1.29, 1.82) is 0 Å². The van der Waals surface area contributed by atoms with Crippen LogP contribution in [0.1, 0.15) is 24.0 Å². The summed E-state index contributed by atoms with van der Waals surface area (Å²) in [4.78, 5) is 14.4. The van der Waals surface area contributed by atoms with E-state index >= 15 is 0 Å². The molecule has 1 amide bonds. The van der Waals surface area contributed by atoms with Crippen LogP contribution in [0.4, 0.5) is 13.2 Å². The van der Waals surface area contributed by atoms with Crippen molar-refractivity contribution in [3.05, 3.63) is 35.4 Å². The van der Waals surface area contributed by atoms with Gasteiger partial charge in [0.1, 0.15) is 0 Å². The lowest BCUT2D eigenvalue weighted by Crippen LogP contribution is -2.42. The van der Waals surface area contributed by atoms with Crippen LogP contribution >= 0.6 is 0 Å². The van der Waals surface area contributed by atoms with Gasteiger partial charge < -0.3 is 15.0 Å². The summed E-state index contributed by atoms with van der Waals surface area (Å²) in [5.41, 5.74) is -0.730. The highest BCUT2D eigenvalue weighted by Crippen LogP contribution is 2.32. The van der Waals surface area contributed by atoms with E-state index in [1.165, 1.54) is 18.2 Å². The number of carbonyl (C=O) groups excluding carboxylic acids is 1. The van der Waals surface area contributed by atoms with Gasteiger partial charge in [-0.1, -0.05) is 18.2 Å². The number of methoxy groups -OCH3 is 1. The van der Waals surface area contributed by atoms with Crippen molar-refractivity contribution in [3.8, 4) is 0 Å². The van der Waals surface area contributed by atoms with Crippen LogP contribution in [-0.2, 0) is 22.1 Å². The highest BCUT2D eigenvalue weighted by Gasteiger charge is 2.33.